The average Bonchev–Trinajstić information content (AvgIpc) is 2.38. The zero-order valence-corrected chi connectivity index (χ0v) is 12.0. The Morgan fingerprint density at radius 1 is 1.11 bits per heavy atom. The fourth-order valence-electron chi connectivity index (χ4n) is 2.05. The van der Waals surface area contributed by atoms with Crippen LogP contribution in [0.15, 0.2) is 48.5 Å². The zero-order chi connectivity index (χ0) is 13.0. The van der Waals surface area contributed by atoms with Crippen LogP contribution < -0.4 is 0 Å². The van der Waals surface area contributed by atoms with Gasteiger partial charge in [-0.1, -0.05) is 52.3 Å². The lowest BCUT2D eigenvalue weighted by atomic mass is 10.0. The third-order valence-corrected chi connectivity index (χ3v) is 4.12. The highest BCUT2D eigenvalue weighted by atomic mass is 79.9. The molecular formula is C16H16BrF. The molecule has 1 unspecified atom stereocenters. The van der Waals surface area contributed by atoms with Crippen LogP contribution in [0.5, 0.6) is 0 Å². The highest BCUT2D eigenvalue weighted by molar-refractivity contribution is 9.09. The number of hydrogen-bond acceptors (Lipinski definition) is 0. The van der Waals surface area contributed by atoms with Gasteiger partial charge in [0.2, 0.25) is 0 Å². The van der Waals surface area contributed by atoms with Crippen molar-refractivity contribution in [3.8, 4) is 0 Å². The molecule has 2 heteroatoms. The van der Waals surface area contributed by atoms with E-state index >= 15 is 0 Å². The lowest BCUT2D eigenvalue weighted by Crippen LogP contribution is -1.96. The highest BCUT2D eigenvalue weighted by Gasteiger charge is 2.08. The molecule has 0 fully saturated rings. The molecule has 1 atom stereocenters. The first-order valence-corrected chi connectivity index (χ1v) is 7.02. The maximum Gasteiger partial charge on any atom is 0.123 e. The van der Waals surface area contributed by atoms with Gasteiger partial charge in [-0.05, 0) is 48.6 Å². The molecule has 2 aromatic carbocycles. The van der Waals surface area contributed by atoms with Crippen molar-refractivity contribution in [1.82, 2.24) is 0 Å². The predicted molar refractivity (Wildman–Crippen MR) is 77.6 cm³/mol. The number of alkyl halides is 1. The summed E-state index contributed by atoms with van der Waals surface area (Å²) in [6.45, 7) is 1.96. The normalized spacial score (nSPS) is 12.4. The van der Waals surface area contributed by atoms with E-state index < -0.39 is 0 Å². The Morgan fingerprint density at radius 3 is 2.50 bits per heavy atom. The second kappa shape index (κ2) is 6.14. The summed E-state index contributed by atoms with van der Waals surface area (Å²) >= 11 is 3.71. The number of rotatable bonds is 4. The van der Waals surface area contributed by atoms with E-state index in [2.05, 4.69) is 28.1 Å². The molecule has 0 nitrogen and oxygen atoms in total. The lowest BCUT2D eigenvalue weighted by Gasteiger charge is -2.11. The second-order valence-electron chi connectivity index (χ2n) is 4.49. The van der Waals surface area contributed by atoms with E-state index in [9.17, 15) is 4.39 Å². The molecular weight excluding hydrogens is 291 g/mol. The van der Waals surface area contributed by atoms with Gasteiger partial charge in [0, 0.05) is 4.83 Å². The van der Waals surface area contributed by atoms with Crippen molar-refractivity contribution in [1.29, 1.82) is 0 Å². The molecule has 0 bridgehead atoms. The first-order valence-electron chi connectivity index (χ1n) is 6.11. The molecule has 0 saturated heterocycles. The molecule has 2 rings (SSSR count). The van der Waals surface area contributed by atoms with Crippen LogP contribution in [0.3, 0.4) is 0 Å². The van der Waals surface area contributed by atoms with Gasteiger partial charge in [-0.2, -0.15) is 0 Å². The van der Waals surface area contributed by atoms with Gasteiger partial charge in [0.05, 0.1) is 0 Å². The van der Waals surface area contributed by atoms with Crippen LogP contribution in [-0.4, -0.2) is 0 Å². The van der Waals surface area contributed by atoms with E-state index in [4.69, 9.17) is 0 Å². The van der Waals surface area contributed by atoms with Crippen LogP contribution in [-0.2, 0) is 6.42 Å². The zero-order valence-electron chi connectivity index (χ0n) is 10.4. The average molecular weight is 307 g/mol. The molecule has 0 amide bonds. The standard InChI is InChI=1S/C16H16BrF/c1-12-11-15(18)9-7-13(12)8-10-16(17)14-5-3-2-4-6-14/h2-7,9,11,16H,8,10H2,1H3. The minimum absolute atomic E-state index is 0.158. The Labute approximate surface area is 116 Å². The van der Waals surface area contributed by atoms with E-state index in [1.54, 1.807) is 6.07 Å². The van der Waals surface area contributed by atoms with Crippen molar-refractivity contribution < 1.29 is 4.39 Å². The Kier molecular flexibility index (Phi) is 4.54. The number of hydrogen-bond donors (Lipinski definition) is 0. The number of aryl methyl sites for hydroxylation is 2. The van der Waals surface area contributed by atoms with Gasteiger partial charge >= 0.3 is 0 Å². The SMILES string of the molecule is Cc1cc(F)ccc1CCC(Br)c1ccccc1. The molecule has 0 aliphatic carbocycles. The van der Waals surface area contributed by atoms with Crippen molar-refractivity contribution in [3.05, 3.63) is 71.0 Å². The maximum atomic E-state index is 13.0. The summed E-state index contributed by atoms with van der Waals surface area (Å²) in [5, 5.41) is 0. The molecule has 94 valence electrons. The summed E-state index contributed by atoms with van der Waals surface area (Å²) in [5.74, 6) is -0.158. The molecule has 0 N–H and O–H groups in total. The fraction of sp³-hybridized carbons (Fsp3) is 0.250. The van der Waals surface area contributed by atoms with Crippen molar-refractivity contribution in [2.24, 2.45) is 0 Å². The van der Waals surface area contributed by atoms with Crippen LogP contribution >= 0.6 is 15.9 Å². The third-order valence-electron chi connectivity index (χ3n) is 3.13. The molecule has 0 saturated carbocycles. The number of benzene rings is 2. The lowest BCUT2D eigenvalue weighted by molar-refractivity contribution is 0.625. The molecule has 0 aliphatic rings. The Hall–Kier alpha value is -1.15. The summed E-state index contributed by atoms with van der Waals surface area (Å²) in [6.07, 6.45) is 1.97. The van der Waals surface area contributed by atoms with Crippen molar-refractivity contribution in [2.75, 3.05) is 0 Å². The van der Waals surface area contributed by atoms with Gasteiger partial charge in [0.1, 0.15) is 5.82 Å². The van der Waals surface area contributed by atoms with E-state index in [-0.39, 0.29) is 5.82 Å². The van der Waals surface area contributed by atoms with Gasteiger partial charge < -0.3 is 0 Å². The topological polar surface area (TPSA) is 0 Å². The maximum absolute atomic E-state index is 13.0. The molecule has 0 aliphatic heterocycles. The van der Waals surface area contributed by atoms with E-state index in [1.807, 2.05) is 31.2 Å². The summed E-state index contributed by atoms with van der Waals surface area (Å²) in [7, 11) is 0. The fourth-order valence-corrected chi connectivity index (χ4v) is 2.58. The largest absolute Gasteiger partial charge is 0.207 e. The summed E-state index contributed by atoms with van der Waals surface area (Å²) < 4.78 is 13.0. The monoisotopic (exact) mass is 306 g/mol. The van der Waals surface area contributed by atoms with Crippen LogP contribution in [0.2, 0.25) is 0 Å². The van der Waals surface area contributed by atoms with E-state index in [1.165, 1.54) is 17.2 Å². The van der Waals surface area contributed by atoms with Gasteiger partial charge in [0.25, 0.3) is 0 Å². The minimum atomic E-state index is -0.158. The summed E-state index contributed by atoms with van der Waals surface area (Å²) in [5.41, 5.74) is 3.54. The van der Waals surface area contributed by atoms with Crippen LogP contribution in [0, 0.1) is 12.7 Å². The van der Waals surface area contributed by atoms with Crippen molar-refractivity contribution in [3.63, 3.8) is 0 Å². The van der Waals surface area contributed by atoms with Crippen molar-refractivity contribution in [2.45, 2.75) is 24.6 Å². The third kappa shape index (κ3) is 3.42. The first-order chi connectivity index (χ1) is 8.66. The molecule has 0 spiro atoms. The summed E-state index contributed by atoms with van der Waals surface area (Å²) in [6, 6.07) is 15.4. The minimum Gasteiger partial charge on any atom is -0.207 e. The Bertz CT molecular complexity index is 508. The first kappa shape index (κ1) is 13.3. The number of halogens is 2. The predicted octanol–water partition coefficient (Wildman–Crippen LogP) is 5.20. The molecule has 18 heavy (non-hydrogen) atoms. The van der Waals surface area contributed by atoms with Gasteiger partial charge in [-0.25, -0.2) is 4.39 Å². The molecule has 0 heterocycles. The van der Waals surface area contributed by atoms with Gasteiger partial charge in [-0.3, -0.25) is 0 Å². The smallest absolute Gasteiger partial charge is 0.123 e. The molecule has 2 aromatic rings. The Balaban J connectivity index is 1.99. The molecule has 0 radical (unpaired) electrons. The highest BCUT2D eigenvalue weighted by Crippen LogP contribution is 2.28. The Morgan fingerprint density at radius 2 is 1.83 bits per heavy atom. The van der Waals surface area contributed by atoms with Gasteiger partial charge in [-0.15, -0.1) is 0 Å². The van der Waals surface area contributed by atoms with Crippen LogP contribution in [0.25, 0.3) is 0 Å². The van der Waals surface area contributed by atoms with E-state index in [0.29, 0.717) is 4.83 Å². The van der Waals surface area contributed by atoms with Gasteiger partial charge in [0.15, 0.2) is 0 Å². The van der Waals surface area contributed by atoms with Crippen molar-refractivity contribution >= 4 is 15.9 Å². The summed E-state index contributed by atoms with van der Waals surface area (Å²) in [4.78, 5) is 0.350. The van der Waals surface area contributed by atoms with E-state index in [0.717, 1.165) is 18.4 Å². The second-order valence-corrected chi connectivity index (χ2v) is 5.59. The van der Waals surface area contributed by atoms with Crippen LogP contribution in [0.1, 0.15) is 27.9 Å². The molecule has 0 aromatic heterocycles. The van der Waals surface area contributed by atoms with Crippen LogP contribution in [0.4, 0.5) is 4.39 Å². The quantitative estimate of drug-likeness (QED) is 0.681.